The van der Waals surface area contributed by atoms with Crippen LogP contribution in [0.25, 0.3) is 0 Å². The lowest BCUT2D eigenvalue weighted by Gasteiger charge is -2.16. The number of ether oxygens (including phenoxy) is 1. The second-order valence-electron chi connectivity index (χ2n) is 6.17. The number of carbonyl (C=O) groups is 2. The van der Waals surface area contributed by atoms with Gasteiger partial charge in [-0.1, -0.05) is 18.2 Å². The van der Waals surface area contributed by atoms with Gasteiger partial charge in [0, 0.05) is 25.7 Å². The number of aliphatic imine (C=N–C) groups is 1. The summed E-state index contributed by atoms with van der Waals surface area (Å²) in [5, 5.41) is 10.0. The molecule has 29 heavy (non-hydrogen) atoms. The summed E-state index contributed by atoms with van der Waals surface area (Å²) in [5.41, 5.74) is 1.28. The Morgan fingerprint density at radius 3 is 2.55 bits per heavy atom. The van der Waals surface area contributed by atoms with Crippen molar-refractivity contribution in [1.29, 1.82) is 0 Å². The largest absolute Gasteiger partial charge is 0.462 e. The highest BCUT2D eigenvalue weighted by Gasteiger charge is 2.20. The van der Waals surface area contributed by atoms with Crippen LogP contribution in [-0.4, -0.2) is 49.6 Å². The van der Waals surface area contributed by atoms with E-state index in [0.717, 1.165) is 5.01 Å². The lowest BCUT2D eigenvalue weighted by Crippen LogP contribution is -2.42. The van der Waals surface area contributed by atoms with Crippen LogP contribution in [0.15, 0.2) is 35.3 Å². The molecule has 156 valence electrons. The van der Waals surface area contributed by atoms with Crippen LogP contribution in [0.5, 0.6) is 0 Å². The third-order valence-electron chi connectivity index (χ3n) is 3.96. The Bertz CT molecular complexity index is 851. The van der Waals surface area contributed by atoms with Crippen LogP contribution in [0.3, 0.4) is 0 Å². The Morgan fingerprint density at radius 2 is 1.90 bits per heavy atom. The summed E-state index contributed by atoms with van der Waals surface area (Å²) >= 11 is 1.31. The number of esters is 1. The molecule has 0 aliphatic carbocycles. The number of benzene rings is 1. The second-order valence-corrected chi connectivity index (χ2v) is 7.20. The highest BCUT2D eigenvalue weighted by atomic mass is 32.1. The zero-order chi connectivity index (χ0) is 21.2. The maximum absolute atomic E-state index is 12.0. The van der Waals surface area contributed by atoms with Gasteiger partial charge in [-0.2, -0.15) is 0 Å². The number of nitrogens with one attached hydrogen (secondary N) is 3. The van der Waals surface area contributed by atoms with Gasteiger partial charge in [-0.25, -0.2) is 9.78 Å². The van der Waals surface area contributed by atoms with Gasteiger partial charge in [0.1, 0.15) is 9.88 Å². The smallest absolute Gasteiger partial charge is 0.350 e. The number of guanidine groups is 1. The number of hydrogen-bond donors (Lipinski definition) is 3. The first-order valence-corrected chi connectivity index (χ1v) is 10.2. The maximum Gasteiger partial charge on any atom is 0.350 e. The summed E-state index contributed by atoms with van der Waals surface area (Å²) in [6.07, 6.45) is 0. The fourth-order valence-electron chi connectivity index (χ4n) is 2.50. The molecule has 1 amide bonds. The van der Waals surface area contributed by atoms with E-state index >= 15 is 0 Å². The number of carbonyl (C=O) groups excluding carboxylic acids is 2. The second kappa shape index (κ2) is 11.2. The molecule has 2 aromatic rings. The van der Waals surface area contributed by atoms with Crippen LogP contribution < -0.4 is 16.0 Å². The summed E-state index contributed by atoms with van der Waals surface area (Å²) in [6, 6.07) is 8.92. The lowest BCUT2D eigenvalue weighted by atomic mass is 10.2. The molecule has 1 aromatic carbocycles. The predicted octanol–water partition coefficient (Wildman–Crippen LogP) is 2.28. The van der Waals surface area contributed by atoms with Gasteiger partial charge in [-0.05, 0) is 32.9 Å². The highest BCUT2D eigenvalue weighted by molar-refractivity contribution is 7.13. The summed E-state index contributed by atoms with van der Waals surface area (Å²) < 4.78 is 5.06. The fourth-order valence-corrected chi connectivity index (χ4v) is 3.46. The van der Waals surface area contributed by atoms with Gasteiger partial charge >= 0.3 is 5.97 Å². The number of aryl methyl sites for hydroxylation is 1. The molecule has 0 saturated heterocycles. The monoisotopic (exact) mass is 417 g/mol. The Hall–Kier alpha value is -2.94. The molecule has 0 fully saturated rings. The zero-order valence-electron chi connectivity index (χ0n) is 17.1. The van der Waals surface area contributed by atoms with Crippen molar-refractivity contribution in [2.24, 2.45) is 4.99 Å². The summed E-state index contributed by atoms with van der Waals surface area (Å²) in [4.78, 5) is 33.2. The van der Waals surface area contributed by atoms with Crippen LogP contribution in [-0.2, 0) is 4.74 Å². The fraction of sp³-hybridized carbons (Fsp3) is 0.400. The van der Waals surface area contributed by atoms with Crippen molar-refractivity contribution in [3.63, 3.8) is 0 Å². The normalized spacial score (nSPS) is 12.2. The van der Waals surface area contributed by atoms with E-state index in [0.29, 0.717) is 41.8 Å². The van der Waals surface area contributed by atoms with Gasteiger partial charge in [0.25, 0.3) is 5.91 Å². The zero-order valence-corrected chi connectivity index (χ0v) is 17.9. The molecular weight excluding hydrogens is 390 g/mol. The minimum Gasteiger partial charge on any atom is -0.462 e. The third kappa shape index (κ3) is 6.56. The molecular formula is C20H27N5O3S. The number of rotatable bonds is 8. The van der Waals surface area contributed by atoms with Gasteiger partial charge in [0.15, 0.2) is 5.96 Å². The summed E-state index contributed by atoms with van der Waals surface area (Å²) in [5.74, 6) is 0.114. The molecule has 3 N–H and O–H groups in total. The predicted molar refractivity (Wildman–Crippen MR) is 114 cm³/mol. The molecule has 1 heterocycles. The number of thiazole rings is 1. The molecule has 1 unspecified atom stereocenters. The van der Waals surface area contributed by atoms with E-state index in [-0.39, 0.29) is 17.9 Å². The van der Waals surface area contributed by atoms with E-state index in [9.17, 15) is 9.59 Å². The number of amides is 1. The first-order chi connectivity index (χ1) is 14.0. The summed E-state index contributed by atoms with van der Waals surface area (Å²) in [6.45, 7) is 6.80. The molecule has 0 bridgehead atoms. The summed E-state index contributed by atoms with van der Waals surface area (Å²) in [7, 11) is 1.67. The molecule has 2 rings (SSSR count). The van der Waals surface area contributed by atoms with Crippen LogP contribution in [0.4, 0.5) is 0 Å². The van der Waals surface area contributed by atoms with E-state index in [4.69, 9.17) is 4.74 Å². The standard InChI is InChI=1S/C20H27N5O3S/c1-5-28-19(27)16-13(2)24-18(29-16)14(3)25-20(21-4)23-12-11-22-17(26)15-9-7-6-8-10-15/h6-10,14H,5,11-12H2,1-4H3,(H,22,26)(H2,21,23,25). The van der Waals surface area contributed by atoms with Crippen LogP contribution in [0, 0.1) is 6.92 Å². The van der Waals surface area contributed by atoms with Crippen molar-refractivity contribution >= 4 is 29.2 Å². The first kappa shape index (κ1) is 22.4. The van der Waals surface area contributed by atoms with Crippen molar-refractivity contribution in [1.82, 2.24) is 20.9 Å². The quantitative estimate of drug-likeness (QED) is 0.263. The first-order valence-electron chi connectivity index (χ1n) is 9.41. The molecule has 9 heteroatoms. The van der Waals surface area contributed by atoms with Crippen LogP contribution >= 0.6 is 11.3 Å². The van der Waals surface area contributed by atoms with Crippen molar-refractivity contribution in [3.8, 4) is 0 Å². The van der Waals surface area contributed by atoms with E-state index < -0.39 is 0 Å². The Balaban J connectivity index is 1.83. The highest BCUT2D eigenvalue weighted by Crippen LogP contribution is 2.24. The Kier molecular flexibility index (Phi) is 8.60. The molecule has 0 spiro atoms. The van der Waals surface area contributed by atoms with Gasteiger partial charge in [0.05, 0.1) is 18.3 Å². The van der Waals surface area contributed by atoms with Crippen molar-refractivity contribution < 1.29 is 14.3 Å². The third-order valence-corrected chi connectivity index (χ3v) is 5.28. The topological polar surface area (TPSA) is 105 Å². The Morgan fingerprint density at radius 1 is 1.21 bits per heavy atom. The molecule has 8 nitrogen and oxygen atoms in total. The molecule has 0 aliphatic rings. The van der Waals surface area contributed by atoms with Gasteiger partial charge in [-0.15, -0.1) is 11.3 Å². The van der Waals surface area contributed by atoms with Crippen LogP contribution in [0.1, 0.15) is 50.6 Å². The lowest BCUT2D eigenvalue weighted by molar-refractivity contribution is 0.0531. The molecule has 1 aromatic heterocycles. The van der Waals surface area contributed by atoms with Crippen molar-refractivity contribution in [2.75, 3.05) is 26.7 Å². The maximum atomic E-state index is 12.0. The van der Waals surface area contributed by atoms with E-state index in [1.54, 1.807) is 33.0 Å². The Labute approximate surface area is 174 Å². The van der Waals surface area contributed by atoms with E-state index in [1.807, 2.05) is 25.1 Å². The number of hydrogen-bond acceptors (Lipinski definition) is 6. The van der Waals surface area contributed by atoms with Gasteiger partial charge < -0.3 is 20.7 Å². The van der Waals surface area contributed by atoms with Crippen molar-refractivity contribution in [2.45, 2.75) is 26.8 Å². The molecule has 0 saturated carbocycles. The van der Waals surface area contributed by atoms with Crippen LogP contribution in [0.2, 0.25) is 0 Å². The minimum absolute atomic E-state index is 0.117. The number of nitrogens with zero attached hydrogens (tertiary/aromatic N) is 2. The van der Waals surface area contributed by atoms with Gasteiger partial charge in [-0.3, -0.25) is 9.79 Å². The molecule has 1 atom stereocenters. The van der Waals surface area contributed by atoms with Gasteiger partial charge in [0.2, 0.25) is 0 Å². The van der Waals surface area contributed by atoms with Crippen molar-refractivity contribution in [3.05, 3.63) is 51.5 Å². The molecule has 0 aliphatic heterocycles. The van der Waals surface area contributed by atoms with E-state index in [2.05, 4.69) is 25.9 Å². The van der Waals surface area contributed by atoms with E-state index in [1.165, 1.54) is 11.3 Å². The minimum atomic E-state index is -0.349. The average Bonchev–Trinajstić information content (AvgIpc) is 3.12. The number of aromatic nitrogens is 1. The molecule has 0 radical (unpaired) electrons. The SMILES string of the molecule is CCOC(=O)c1sc(C(C)NC(=NC)NCCNC(=O)c2ccccc2)nc1C. The average molecular weight is 418 g/mol.